The van der Waals surface area contributed by atoms with Crippen molar-refractivity contribution in [2.24, 2.45) is 17.3 Å². The summed E-state index contributed by atoms with van der Waals surface area (Å²) in [4.78, 5) is 96.6. The molecule has 59 heavy (non-hydrogen) atoms. The molecule has 0 spiro atoms. The van der Waals surface area contributed by atoms with Crippen LogP contribution in [0.15, 0.2) is 79.2 Å². The fourth-order valence-corrected chi connectivity index (χ4v) is 7.99. The maximum absolute atomic E-state index is 13.9. The van der Waals surface area contributed by atoms with Gasteiger partial charge in [-0.05, 0) is 31.2 Å². The molecule has 1 unspecified atom stereocenters. The Kier molecular flexibility index (Phi) is 14.2. The molecule has 16 nitrogen and oxygen atoms in total. The lowest BCUT2D eigenvalue weighted by atomic mass is 9.71. The SMILES string of the molecule is C=C1[C@H](OC(C)=O)C2[C@@H](OC(=O)c3ccccc3)[C@](C)(OC(C)=O)C[C@]2(O)[C@@H](OC(C)=O)[C@@H](C)/C=C/C(C)(C)[C@H](OC(=O)c2cccnc2)[C@H](OC(C)=O)[C@H]1OC(C)=O. The van der Waals surface area contributed by atoms with Crippen LogP contribution in [0, 0.1) is 17.3 Å². The van der Waals surface area contributed by atoms with E-state index in [-0.39, 0.29) is 16.7 Å². The van der Waals surface area contributed by atoms with E-state index in [1.165, 1.54) is 43.6 Å². The Morgan fingerprint density at radius 2 is 1.22 bits per heavy atom. The summed E-state index contributed by atoms with van der Waals surface area (Å²) < 4.78 is 41.7. The highest BCUT2D eigenvalue weighted by molar-refractivity contribution is 5.90. The number of rotatable bonds is 9. The van der Waals surface area contributed by atoms with Crippen molar-refractivity contribution in [3.05, 3.63) is 90.3 Å². The minimum Gasteiger partial charge on any atom is -0.459 e. The van der Waals surface area contributed by atoms with Crippen LogP contribution in [0.4, 0.5) is 0 Å². The van der Waals surface area contributed by atoms with Crippen molar-refractivity contribution in [1.29, 1.82) is 0 Å². The zero-order chi connectivity index (χ0) is 44.0. The fraction of sp³-hybridized carbons (Fsp3) is 0.488. The quantitative estimate of drug-likeness (QED) is 0.210. The molecule has 10 atom stereocenters. The molecule has 2 aromatic rings. The van der Waals surface area contributed by atoms with Gasteiger partial charge in [0.25, 0.3) is 0 Å². The maximum Gasteiger partial charge on any atom is 0.340 e. The Morgan fingerprint density at radius 1 is 0.678 bits per heavy atom. The molecule has 1 aromatic carbocycles. The molecule has 1 aromatic heterocycles. The van der Waals surface area contributed by atoms with Gasteiger partial charge in [0.2, 0.25) is 0 Å². The number of aromatic nitrogens is 1. The molecule has 318 valence electrons. The van der Waals surface area contributed by atoms with E-state index in [4.69, 9.17) is 33.2 Å². The number of hydrogen-bond acceptors (Lipinski definition) is 16. The van der Waals surface area contributed by atoms with E-state index in [2.05, 4.69) is 11.6 Å². The molecule has 0 bridgehead atoms. The predicted molar refractivity (Wildman–Crippen MR) is 206 cm³/mol. The van der Waals surface area contributed by atoms with E-state index < -0.39 is 113 Å². The average molecular weight is 822 g/mol. The summed E-state index contributed by atoms with van der Waals surface area (Å²) in [7, 11) is 0. The third kappa shape index (κ3) is 10.6. The molecule has 0 amide bonds. The summed E-state index contributed by atoms with van der Waals surface area (Å²) in [6.45, 7) is 15.8. The van der Waals surface area contributed by atoms with Crippen LogP contribution in [-0.4, -0.2) is 99.7 Å². The van der Waals surface area contributed by atoms with Gasteiger partial charge >= 0.3 is 41.8 Å². The highest BCUT2D eigenvalue weighted by Gasteiger charge is 2.70. The summed E-state index contributed by atoms with van der Waals surface area (Å²) in [5.74, 6) is -9.04. The second-order valence-corrected chi connectivity index (χ2v) is 15.6. The molecular weight excluding hydrogens is 770 g/mol. The van der Waals surface area contributed by atoms with Crippen molar-refractivity contribution >= 4 is 41.8 Å². The number of ether oxygens (including phenoxy) is 7. The third-order valence-corrected chi connectivity index (χ3v) is 10.3. The van der Waals surface area contributed by atoms with E-state index >= 15 is 0 Å². The molecule has 0 aliphatic heterocycles. The fourth-order valence-electron chi connectivity index (χ4n) is 7.99. The third-order valence-electron chi connectivity index (χ3n) is 10.3. The van der Waals surface area contributed by atoms with Crippen LogP contribution in [0.2, 0.25) is 0 Å². The van der Waals surface area contributed by atoms with E-state index in [9.17, 15) is 38.7 Å². The van der Waals surface area contributed by atoms with Crippen LogP contribution < -0.4 is 0 Å². The molecule has 1 fully saturated rings. The van der Waals surface area contributed by atoms with E-state index in [0.29, 0.717) is 0 Å². The lowest BCUT2D eigenvalue weighted by Crippen LogP contribution is -2.60. The number of carbonyl (C=O) groups excluding carboxylic acids is 7. The van der Waals surface area contributed by atoms with Crippen LogP contribution in [0.3, 0.4) is 0 Å². The standard InChI is InChI=1S/C43H51NO15/c1-23-18-19-41(8,9)38(58-40(51)31-17-14-20-44-21-31)35(55-27(5)47)34(54-26(4)46)24(2)33(53-25(3)45)32-37(57-39(50)30-15-12-11-13-16-30)42(10,59-29(7)49)22-43(32,52)36(23)56-28(6)48/h11-21,23,32-38,52H,2,22H2,1,3-10H3/b19-18+/t23-,32?,33-,34-,35+,36-,37+,38+,42+,43+/m0/s1. The number of esters is 7. The first-order valence-electron chi connectivity index (χ1n) is 18.9. The number of fused-ring (bicyclic) bond motifs is 1. The monoisotopic (exact) mass is 821 g/mol. The van der Waals surface area contributed by atoms with Crippen molar-refractivity contribution in [1.82, 2.24) is 4.98 Å². The van der Waals surface area contributed by atoms with Crippen molar-refractivity contribution in [2.75, 3.05) is 0 Å². The van der Waals surface area contributed by atoms with Crippen LogP contribution in [0.25, 0.3) is 0 Å². The minimum absolute atomic E-state index is 0.0211. The number of pyridine rings is 1. The van der Waals surface area contributed by atoms with Crippen molar-refractivity contribution < 1.29 is 71.8 Å². The molecule has 1 saturated carbocycles. The van der Waals surface area contributed by atoms with Gasteiger partial charge in [0.1, 0.15) is 23.4 Å². The molecule has 16 heteroatoms. The zero-order valence-electron chi connectivity index (χ0n) is 34.5. The zero-order valence-corrected chi connectivity index (χ0v) is 34.5. The van der Waals surface area contributed by atoms with E-state index in [0.717, 1.165) is 34.6 Å². The number of aliphatic hydroxyl groups is 1. The van der Waals surface area contributed by atoms with Crippen molar-refractivity contribution in [2.45, 2.75) is 117 Å². The van der Waals surface area contributed by atoms with Crippen LogP contribution in [-0.2, 0) is 57.1 Å². The Morgan fingerprint density at radius 3 is 1.76 bits per heavy atom. The highest BCUT2D eigenvalue weighted by atomic mass is 16.6. The molecular formula is C43H51NO15. The number of hydrogen-bond donors (Lipinski definition) is 1. The van der Waals surface area contributed by atoms with Gasteiger partial charge in [-0.1, -0.05) is 57.7 Å². The molecule has 1 N–H and O–H groups in total. The summed E-state index contributed by atoms with van der Waals surface area (Å²) >= 11 is 0. The summed E-state index contributed by atoms with van der Waals surface area (Å²) in [5, 5.41) is 13.3. The smallest absolute Gasteiger partial charge is 0.340 e. The molecule has 1 heterocycles. The highest BCUT2D eigenvalue weighted by Crippen LogP contribution is 2.54. The van der Waals surface area contributed by atoms with Crippen molar-refractivity contribution in [3.8, 4) is 0 Å². The van der Waals surface area contributed by atoms with Crippen LogP contribution >= 0.6 is 0 Å². The Bertz CT molecular complexity index is 1960. The molecule has 2 aliphatic rings. The second-order valence-electron chi connectivity index (χ2n) is 15.6. The lowest BCUT2D eigenvalue weighted by molar-refractivity contribution is -0.195. The summed E-state index contributed by atoms with van der Waals surface area (Å²) in [6.07, 6.45) is -4.99. The molecule has 0 radical (unpaired) electrons. The Labute approximate surface area is 342 Å². The first-order chi connectivity index (χ1) is 27.5. The van der Waals surface area contributed by atoms with E-state index in [1.54, 1.807) is 51.1 Å². The van der Waals surface area contributed by atoms with Crippen molar-refractivity contribution in [3.63, 3.8) is 0 Å². The maximum atomic E-state index is 13.9. The first-order valence-corrected chi connectivity index (χ1v) is 18.9. The summed E-state index contributed by atoms with van der Waals surface area (Å²) in [6, 6.07) is 10.7. The van der Waals surface area contributed by atoms with Gasteiger partial charge in [0.05, 0.1) is 17.0 Å². The number of carbonyl (C=O) groups is 7. The molecule has 0 saturated heterocycles. The van der Waals surface area contributed by atoms with Gasteiger partial charge in [0.15, 0.2) is 24.4 Å². The van der Waals surface area contributed by atoms with Gasteiger partial charge < -0.3 is 38.3 Å². The number of nitrogens with zero attached hydrogens (tertiary/aromatic N) is 1. The Balaban J connectivity index is 2.13. The predicted octanol–water partition coefficient (Wildman–Crippen LogP) is 4.42. The minimum atomic E-state index is -2.42. The first kappa shape index (κ1) is 45.8. The average Bonchev–Trinajstić information content (AvgIpc) is 3.36. The largest absolute Gasteiger partial charge is 0.459 e. The van der Waals surface area contributed by atoms with Gasteiger partial charge in [0, 0.05) is 70.3 Å². The Hall–Kier alpha value is -5.90. The van der Waals surface area contributed by atoms with E-state index in [1.807, 2.05) is 0 Å². The molecule has 2 aliphatic carbocycles. The van der Waals surface area contributed by atoms with Crippen LogP contribution in [0.1, 0.15) is 89.5 Å². The lowest BCUT2D eigenvalue weighted by Gasteiger charge is -2.46. The number of benzene rings is 1. The van der Waals surface area contributed by atoms with Gasteiger partial charge in [-0.3, -0.25) is 29.0 Å². The van der Waals surface area contributed by atoms with Gasteiger partial charge in [-0.2, -0.15) is 0 Å². The second kappa shape index (κ2) is 18.4. The summed E-state index contributed by atoms with van der Waals surface area (Å²) in [5.41, 5.74) is -5.96. The normalized spacial score (nSPS) is 30.7. The van der Waals surface area contributed by atoms with Gasteiger partial charge in [-0.25, -0.2) is 9.59 Å². The topological polar surface area (TPSA) is 217 Å². The molecule has 4 rings (SSSR count). The van der Waals surface area contributed by atoms with Gasteiger partial charge in [-0.15, -0.1) is 0 Å². The van der Waals surface area contributed by atoms with Crippen LogP contribution in [0.5, 0.6) is 0 Å².